The zero-order chi connectivity index (χ0) is 22.8. The lowest BCUT2D eigenvalue weighted by molar-refractivity contribution is 0.0926. The number of hydrogen-bond donors (Lipinski definition) is 2. The second-order valence-electron chi connectivity index (χ2n) is 9.17. The highest BCUT2D eigenvalue weighted by Gasteiger charge is 2.23. The van der Waals surface area contributed by atoms with Crippen LogP contribution in [0.15, 0.2) is 72.8 Å². The van der Waals surface area contributed by atoms with Crippen molar-refractivity contribution in [3.8, 4) is 0 Å². The number of hydrogen-bond acceptors (Lipinski definition) is 4. The molecule has 1 heterocycles. The van der Waals surface area contributed by atoms with Crippen LogP contribution in [0.25, 0.3) is 21.7 Å². The van der Waals surface area contributed by atoms with E-state index in [9.17, 15) is 4.79 Å². The van der Waals surface area contributed by atoms with Crippen LogP contribution in [0, 0.1) is 0 Å². The Morgan fingerprint density at radius 1 is 0.848 bits per heavy atom. The maximum absolute atomic E-state index is 12.8. The van der Waals surface area contributed by atoms with Gasteiger partial charge in [0.15, 0.2) is 0 Å². The van der Waals surface area contributed by atoms with Crippen LogP contribution in [0.3, 0.4) is 0 Å². The molecule has 168 valence electrons. The molecule has 33 heavy (non-hydrogen) atoms. The third kappa shape index (κ3) is 4.63. The molecule has 5 rings (SSSR count). The van der Waals surface area contributed by atoms with Crippen LogP contribution in [0.4, 0.5) is 11.5 Å². The first kappa shape index (κ1) is 21.3. The molecule has 5 heteroatoms. The van der Waals surface area contributed by atoms with E-state index in [2.05, 4.69) is 60.0 Å². The van der Waals surface area contributed by atoms with Gasteiger partial charge in [0, 0.05) is 48.9 Å². The quantitative estimate of drug-likeness (QED) is 0.425. The molecule has 1 aliphatic carbocycles. The number of nitrogens with zero attached hydrogens (tertiary/aromatic N) is 2. The zero-order valence-corrected chi connectivity index (χ0v) is 19.2. The number of benzene rings is 3. The number of carbonyl (C=O) groups excluding carboxylic acids is 1. The minimum atomic E-state index is 0.0176. The van der Waals surface area contributed by atoms with Gasteiger partial charge in [-0.2, -0.15) is 0 Å². The lowest BCUT2D eigenvalue weighted by Gasteiger charge is -2.30. The lowest BCUT2D eigenvalue weighted by atomic mass is 9.91. The summed E-state index contributed by atoms with van der Waals surface area (Å²) in [7, 11) is 4.13. The second-order valence-corrected chi connectivity index (χ2v) is 9.17. The number of aromatic nitrogens is 1. The molecule has 0 radical (unpaired) electrons. The van der Waals surface area contributed by atoms with Crippen molar-refractivity contribution in [1.29, 1.82) is 0 Å². The van der Waals surface area contributed by atoms with E-state index in [1.165, 1.54) is 5.69 Å². The number of para-hydroxylation sites is 1. The van der Waals surface area contributed by atoms with Gasteiger partial charge in [-0.3, -0.25) is 4.79 Å². The predicted octanol–water partition coefficient (Wildman–Crippen LogP) is 5.61. The van der Waals surface area contributed by atoms with Gasteiger partial charge in [-0.25, -0.2) is 4.98 Å². The molecule has 5 nitrogen and oxygen atoms in total. The predicted molar refractivity (Wildman–Crippen MR) is 137 cm³/mol. The van der Waals surface area contributed by atoms with Crippen molar-refractivity contribution in [2.45, 2.75) is 37.8 Å². The summed E-state index contributed by atoms with van der Waals surface area (Å²) in [5.41, 5.74) is 2.90. The topological polar surface area (TPSA) is 57.3 Å². The van der Waals surface area contributed by atoms with E-state index in [-0.39, 0.29) is 11.9 Å². The third-order valence-electron chi connectivity index (χ3n) is 6.60. The van der Waals surface area contributed by atoms with E-state index in [4.69, 9.17) is 4.98 Å². The first-order valence-electron chi connectivity index (χ1n) is 11.7. The van der Waals surface area contributed by atoms with Crippen LogP contribution in [0.1, 0.15) is 36.0 Å². The maximum atomic E-state index is 12.8. The molecule has 1 amide bonds. The average Bonchev–Trinajstić information content (AvgIpc) is 2.84. The van der Waals surface area contributed by atoms with Crippen molar-refractivity contribution < 1.29 is 4.79 Å². The number of rotatable bonds is 5. The Morgan fingerprint density at radius 2 is 1.55 bits per heavy atom. The van der Waals surface area contributed by atoms with Crippen LogP contribution in [0.2, 0.25) is 0 Å². The molecule has 1 aliphatic rings. The first-order chi connectivity index (χ1) is 16.1. The summed E-state index contributed by atoms with van der Waals surface area (Å²) in [4.78, 5) is 19.8. The van der Waals surface area contributed by atoms with Crippen molar-refractivity contribution in [2.24, 2.45) is 0 Å². The maximum Gasteiger partial charge on any atom is 0.251 e. The van der Waals surface area contributed by atoms with E-state index < -0.39 is 0 Å². The largest absolute Gasteiger partial charge is 0.377 e. The molecule has 0 aliphatic heterocycles. The van der Waals surface area contributed by atoms with Gasteiger partial charge in [0.05, 0.1) is 5.52 Å². The highest BCUT2D eigenvalue weighted by Crippen LogP contribution is 2.29. The fourth-order valence-electron chi connectivity index (χ4n) is 4.79. The van der Waals surface area contributed by atoms with Crippen LogP contribution in [-0.2, 0) is 0 Å². The fourth-order valence-corrected chi connectivity index (χ4v) is 4.79. The van der Waals surface area contributed by atoms with Gasteiger partial charge in [0.1, 0.15) is 5.82 Å². The van der Waals surface area contributed by atoms with E-state index in [1.54, 1.807) is 0 Å². The molecular formula is C28H30N4O. The van der Waals surface area contributed by atoms with Gasteiger partial charge in [-0.05, 0) is 54.7 Å². The second kappa shape index (κ2) is 9.10. The molecule has 2 N–H and O–H groups in total. The van der Waals surface area contributed by atoms with Gasteiger partial charge in [0.2, 0.25) is 0 Å². The van der Waals surface area contributed by atoms with E-state index >= 15 is 0 Å². The van der Waals surface area contributed by atoms with Crippen molar-refractivity contribution in [3.05, 3.63) is 78.4 Å². The van der Waals surface area contributed by atoms with Crippen LogP contribution < -0.4 is 15.5 Å². The highest BCUT2D eigenvalue weighted by atomic mass is 16.1. The summed E-state index contributed by atoms with van der Waals surface area (Å²) in [6, 6.07) is 25.0. The lowest BCUT2D eigenvalue weighted by Crippen LogP contribution is -2.40. The Morgan fingerprint density at radius 3 is 2.33 bits per heavy atom. The number of nitrogens with one attached hydrogen (secondary N) is 2. The van der Waals surface area contributed by atoms with Crippen molar-refractivity contribution >= 4 is 39.1 Å². The van der Waals surface area contributed by atoms with Crippen molar-refractivity contribution in [1.82, 2.24) is 10.3 Å². The normalized spacial score (nSPS) is 18.2. The molecule has 0 spiro atoms. The number of anilines is 2. The van der Waals surface area contributed by atoms with Gasteiger partial charge < -0.3 is 15.5 Å². The number of amides is 1. The molecule has 4 aromatic rings. The smallest absolute Gasteiger partial charge is 0.251 e. The van der Waals surface area contributed by atoms with Crippen molar-refractivity contribution in [2.75, 3.05) is 24.3 Å². The molecule has 1 aromatic heterocycles. The van der Waals surface area contributed by atoms with Crippen molar-refractivity contribution in [3.63, 3.8) is 0 Å². The van der Waals surface area contributed by atoms with E-state index in [1.807, 2.05) is 42.5 Å². The zero-order valence-electron chi connectivity index (χ0n) is 19.2. The summed E-state index contributed by atoms with van der Waals surface area (Å²) >= 11 is 0. The molecule has 1 saturated carbocycles. The highest BCUT2D eigenvalue weighted by molar-refractivity contribution is 5.98. The Balaban J connectivity index is 1.21. The Kier molecular flexibility index (Phi) is 5.86. The summed E-state index contributed by atoms with van der Waals surface area (Å²) in [6.07, 6.45) is 3.94. The average molecular weight is 439 g/mol. The summed E-state index contributed by atoms with van der Waals surface area (Å²) < 4.78 is 0. The summed E-state index contributed by atoms with van der Waals surface area (Å²) in [6.45, 7) is 0. The number of pyridine rings is 1. The first-order valence-corrected chi connectivity index (χ1v) is 11.7. The van der Waals surface area contributed by atoms with Crippen LogP contribution >= 0.6 is 0 Å². The van der Waals surface area contributed by atoms with Crippen LogP contribution in [0.5, 0.6) is 0 Å². The Hall–Kier alpha value is -3.60. The molecule has 3 aromatic carbocycles. The summed E-state index contributed by atoms with van der Waals surface area (Å²) in [5, 5.41) is 10.3. The van der Waals surface area contributed by atoms with Gasteiger partial charge in [-0.15, -0.1) is 0 Å². The Labute approximate surface area is 194 Å². The Bertz CT molecular complexity index is 1290. The fraction of sp³-hybridized carbons (Fsp3) is 0.286. The standard InChI is InChI=1S/C28H30N4O/c1-32(2)26-18-27(31-25-10-6-5-9-24(25)26)29-22-13-15-23(16-14-22)30-28(33)21-12-11-19-7-3-4-8-20(19)17-21/h3-12,17-18,22-23H,13-16H2,1-2H3,(H,29,31)(H,30,33). The van der Waals surface area contributed by atoms with Crippen LogP contribution in [-0.4, -0.2) is 37.1 Å². The number of carbonyl (C=O) groups is 1. The summed E-state index contributed by atoms with van der Waals surface area (Å²) in [5.74, 6) is 0.935. The molecular weight excluding hydrogens is 408 g/mol. The molecule has 0 bridgehead atoms. The minimum Gasteiger partial charge on any atom is -0.377 e. The number of fused-ring (bicyclic) bond motifs is 2. The molecule has 0 atom stereocenters. The SMILES string of the molecule is CN(C)c1cc(NC2CCC(NC(=O)c3ccc4ccccc4c3)CC2)nc2ccccc12. The van der Waals surface area contributed by atoms with E-state index in [0.717, 1.165) is 58.7 Å². The molecule has 0 unspecified atom stereocenters. The molecule has 0 saturated heterocycles. The minimum absolute atomic E-state index is 0.0176. The molecule has 1 fully saturated rings. The van der Waals surface area contributed by atoms with E-state index in [0.29, 0.717) is 6.04 Å². The van der Waals surface area contributed by atoms with Gasteiger partial charge in [-0.1, -0.05) is 48.5 Å². The van der Waals surface area contributed by atoms with Gasteiger partial charge in [0.25, 0.3) is 5.91 Å². The third-order valence-corrected chi connectivity index (χ3v) is 6.60. The monoisotopic (exact) mass is 438 g/mol. The van der Waals surface area contributed by atoms with Gasteiger partial charge >= 0.3 is 0 Å².